The molecule has 1 aromatic carbocycles. The molecule has 0 saturated heterocycles. The van der Waals surface area contributed by atoms with Gasteiger partial charge >= 0.3 is 0 Å². The van der Waals surface area contributed by atoms with Crippen molar-refractivity contribution in [3.8, 4) is 0 Å². The highest BCUT2D eigenvalue weighted by atomic mass is 16.5. The van der Waals surface area contributed by atoms with E-state index in [0.29, 0.717) is 6.10 Å². The molecule has 0 heterocycles. The third-order valence-electron chi connectivity index (χ3n) is 4.11. The molecule has 0 bridgehead atoms. The maximum absolute atomic E-state index is 5.10. The van der Waals surface area contributed by atoms with Crippen LogP contribution in [-0.4, -0.2) is 26.9 Å². The Bertz CT molecular complexity index is 356. The van der Waals surface area contributed by atoms with Gasteiger partial charge in [-0.3, -0.25) is 0 Å². The molecule has 0 radical (unpaired) electrons. The average Bonchev–Trinajstić information content (AvgIpc) is 2.64. The van der Waals surface area contributed by atoms with E-state index < -0.39 is 0 Å². The number of ether oxygens (including phenoxy) is 2. The van der Waals surface area contributed by atoms with Crippen LogP contribution < -0.4 is 0 Å². The Labute approximate surface area is 164 Å². The predicted octanol–water partition coefficient (Wildman–Crippen LogP) is 7.17. The Kier molecular flexibility index (Phi) is 21.5. The van der Waals surface area contributed by atoms with E-state index in [9.17, 15) is 0 Å². The molecule has 1 aromatic rings. The van der Waals surface area contributed by atoms with Crippen LogP contribution in [0.1, 0.15) is 79.2 Å². The van der Waals surface area contributed by atoms with E-state index in [0.717, 1.165) is 18.4 Å². The first-order chi connectivity index (χ1) is 12.4. The van der Waals surface area contributed by atoms with Gasteiger partial charge in [0, 0.05) is 20.8 Å². The van der Waals surface area contributed by atoms with Crippen LogP contribution in [0, 0.1) is 11.8 Å². The first kappa shape index (κ1) is 27.4. The topological polar surface area (TPSA) is 18.5 Å². The molecule has 0 amide bonds. The Morgan fingerprint density at radius 3 is 1.77 bits per heavy atom. The summed E-state index contributed by atoms with van der Waals surface area (Å²) in [5.41, 5.74) is 1.46. The van der Waals surface area contributed by atoms with Crippen molar-refractivity contribution in [2.24, 2.45) is 11.8 Å². The number of rotatable bonds is 10. The van der Waals surface area contributed by atoms with Crippen LogP contribution in [0.5, 0.6) is 0 Å². The summed E-state index contributed by atoms with van der Waals surface area (Å²) >= 11 is 0. The SMILES string of the molecule is CC(C)CCc1ccccc1.CCCCOC.COC(C)CCC(C)C. The lowest BCUT2D eigenvalue weighted by molar-refractivity contribution is 0.106. The second-order valence-corrected chi connectivity index (χ2v) is 7.78. The molecule has 0 spiro atoms. The van der Waals surface area contributed by atoms with Gasteiger partial charge < -0.3 is 9.47 Å². The first-order valence-corrected chi connectivity index (χ1v) is 10.4. The molecule has 0 N–H and O–H groups in total. The molecular weight excluding hydrogens is 320 g/mol. The van der Waals surface area contributed by atoms with Crippen molar-refractivity contribution in [3.05, 3.63) is 35.9 Å². The monoisotopic (exact) mass is 366 g/mol. The molecule has 1 rings (SSSR count). The highest BCUT2D eigenvalue weighted by Gasteiger charge is 2.00. The quantitative estimate of drug-likeness (QED) is 0.409. The van der Waals surface area contributed by atoms with E-state index >= 15 is 0 Å². The average molecular weight is 367 g/mol. The van der Waals surface area contributed by atoms with Crippen molar-refractivity contribution >= 4 is 0 Å². The van der Waals surface area contributed by atoms with Gasteiger partial charge in [-0.1, -0.05) is 71.4 Å². The summed E-state index contributed by atoms with van der Waals surface area (Å²) in [4.78, 5) is 0. The molecule has 154 valence electrons. The van der Waals surface area contributed by atoms with E-state index in [1.54, 1.807) is 14.2 Å². The lowest BCUT2D eigenvalue weighted by atomic mass is 10.0. The summed E-state index contributed by atoms with van der Waals surface area (Å²) in [7, 11) is 3.50. The van der Waals surface area contributed by atoms with Crippen LogP contribution >= 0.6 is 0 Å². The van der Waals surface area contributed by atoms with Crippen molar-refractivity contribution in [3.63, 3.8) is 0 Å². The Morgan fingerprint density at radius 2 is 1.38 bits per heavy atom. The van der Waals surface area contributed by atoms with Gasteiger partial charge in [0.1, 0.15) is 0 Å². The van der Waals surface area contributed by atoms with E-state index in [1.165, 1.54) is 44.1 Å². The van der Waals surface area contributed by atoms with E-state index in [-0.39, 0.29) is 0 Å². The Balaban J connectivity index is 0. The van der Waals surface area contributed by atoms with Gasteiger partial charge in [0.2, 0.25) is 0 Å². The number of hydrogen-bond acceptors (Lipinski definition) is 2. The normalized spacial score (nSPS) is 11.5. The molecule has 0 aromatic heterocycles. The molecular formula is C24H46O2. The van der Waals surface area contributed by atoms with Gasteiger partial charge in [0.25, 0.3) is 0 Å². The zero-order valence-electron chi connectivity index (χ0n) is 18.9. The summed E-state index contributed by atoms with van der Waals surface area (Å²) in [6.45, 7) is 14.2. The smallest absolute Gasteiger partial charge is 0.0543 e. The van der Waals surface area contributed by atoms with Gasteiger partial charge in [-0.25, -0.2) is 0 Å². The van der Waals surface area contributed by atoms with Crippen molar-refractivity contribution in [2.75, 3.05) is 20.8 Å². The van der Waals surface area contributed by atoms with Crippen molar-refractivity contribution in [2.45, 2.75) is 86.2 Å². The Morgan fingerprint density at radius 1 is 0.808 bits per heavy atom. The van der Waals surface area contributed by atoms with Gasteiger partial charge in [-0.05, 0) is 56.4 Å². The van der Waals surface area contributed by atoms with E-state index in [2.05, 4.69) is 71.9 Å². The fraction of sp³-hybridized carbons (Fsp3) is 0.750. The van der Waals surface area contributed by atoms with Gasteiger partial charge in [-0.15, -0.1) is 0 Å². The molecule has 0 aliphatic rings. The molecule has 0 fully saturated rings. The molecule has 26 heavy (non-hydrogen) atoms. The maximum Gasteiger partial charge on any atom is 0.0543 e. The summed E-state index contributed by atoms with van der Waals surface area (Å²) < 4.78 is 9.88. The van der Waals surface area contributed by atoms with Crippen LogP contribution in [0.15, 0.2) is 30.3 Å². The van der Waals surface area contributed by atoms with Crippen molar-refractivity contribution < 1.29 is 9.47 Å². The van der Waals surface area contributed by atoms with Crippen LogP contribution in [0.25, 0.3) is 0 Å². The molecule has 0 aliphatic carbocycles. The highest BCUT2D eigenvalue weighted by Crippen LogP contribution is 2.08. The molecule has 2 heteroatoms. The maximum atomic E-state index is 5.10. The largest absolute Gasteiger partial charge is 0.385 e. The zero-order valence-corrected chi connectivity index (χ0v) is 18.9. The number of unbranched alkanes of at least 4 members (excludes halogenated alkanes) is 1. The standard InChI is InChI=1S/C11H16.C8H18O.C5H12O/c1-10(2)8-9-11-6-4-3-5-7-11;1-7(2)5-6-8(3)9-4;1-3-4-5-6-2/h3-7,10H,8-9H2,1-2H3;7-8H,5-6H2,1-4H3;3-5H2,1-2H3. The number of benzene rings is 1. The Hall–Kier alpha value is -0.860. The second-order valence-electron chi connectivity index (χ2n) is 7.78. The summed E-state index contributed by atoms with van der Waals surface area (Å²) in [6, 6.07) is 10.7. The lowest BCUT2D eigenvalue weighted by Crippen LogP contribution is -2.05. The molecule has 1 unspecified atom stereocenters. The molecule has 0 aliphatic heterocycles. The molecule has 0 saturated carbocycles. The van der Waals surface area contributed by atoms with E-state index in [1.807, 2.05) is 0 Å². The molecule has 2 nitrogen and oxygen atoms in total. The zero-order chi connectivity index (χ0) is 20.2. The van der Waals surface area contributed by atoms with Crippen LogP contribution in [0.2, 0.25) is 0 Å². The third kappa shape index (κ3) is 23.1. The fourth-order valence-electron chi connectivity index (χ4n) is 2.07. The lowest BCUT2D eigenvalue weighted by Gasteiger charge is -2.09. The van der Waals surface area contributed by atoms with Gasteiger partial charge in [0.15, 0.2) is 0 Å². The second kappa shape index (κ2) is 20.5. The minimum atomic E-state index is 0.437. The highest BCUT2D eigenvalue weighted by molar-refractivity contribution is 5.14. The minimum absolute atomic E-state index is 0.437. The van der Waals surface area contributed by atoms with E-state index in [4.69, 9.17) is 9.47 Å². The number of methoxy groups -OCH3 is 2. The molecule has 1 atom stereocenters. The predicted molar refractivity (Wildman–Crippen MR) is 117 cm³/mol. The van der Waals surface area contributed by atoms with Crippen LogP contribution in [-0.2, 0) is 15.9 Å². The fourth-order valence-corrected chi connectivity index (χ4v) is 2.07. The number of hydrogen-bond donors (Lipinski definition) is 0. The van der Waals surface area contributed by atoms with Crippen LogP contribution in [0.3, 0.4) is 0 Å². The summed E-state index contributed by atoms with van der Waals surface area (Å²) in [6.07, 6.45) is 7.84. The first-order valence-electron chi connectivity index (χ1n) is 10.4. The van der Waals surface area contributed by atoms with Crippen molar-refractivity contribution in [1.29, 1.82) is 0 Å². The van der Waals surface area contributed by atoms with Crippen molar-refractivity contribution in [1.82, 2.24) is 0 Å². The summed E-state index contributed by atoms with van der Waals surface area (Å²) in [5.74, 6) is 1.62. The number of aryl methyl sites for hydroxylation is 1. The van der Waals surface area contributed by atoms with Gasteiger partial charge in [0.05, 0.1) is 6.10 Å². The third-order valence-corrected chi connectivity index (χ3v) is 4.11. The van der Waals surface area contributed by atoms with Gasteiger partial charge in [-0.2, -0.15) is 0 Å². The summed E-state index contributed by atoms with van der Waals surface area (Å²) in [5, 5.41) is 0. The minimum Gasteiger partial charge on any atom is -0.385 e. The van der Waals surface area contributed by atoms with Crippen LogP contribution in [0.4, 0.5) is 0 Å².